The molecule has 0 heterocycles. The molecule has 24 heavy (non-hydrogen) atoms. The maximum absolute atomic E-state index is 12.0. The number of ether oxygens (including phenoxy) is 3. The van der Waals surface area contributed by atoms with E-state index >= 15 is 0 Å². The fraction of sp³-hybridized carbons (Fsp3) is 0.211. The maximum Gasteiger partial charge on any atom is 0.341 e. The van der Waals surface area contributed by atoms with Crippen LogP contribution in [0.3, 0.4) is 0 Å². The van der Waals surface area contributed by atoms with Gasteiger partial charge in [0.05, 0.1) is 27.6 Å². The highest BCUT2D eigenvalue weighted by Crippen LogP contribution is 2.31. The van der Waals surface area contributed by atoms with Gasteiger partial charge in [-0.05, 0) is 23.8 Å². The molecule has 0 radical (unpaired) electrons. The van der Waals surface area contributed by atoms with Crippen LogP contribution >= 0.6 is 11.8 Å². The average Bonchev–Trinajstić information content (AvgIpc) is 2.64. The molecule has 0 bridgehead atoms. The first-order valence-corrected chi connectivity index (χ1v) is 8.34. The Morgan fingerprint density at radius 2 is 1.88 bits per heavy atom. The second-order valence-electron chi connectivity index (χ2n) is 4.90. The van der Waals surface area contributed by atoms with E-state index in [0.29, 0.717) is 5.57 Å². The number of hydrogen-bond donors (Lipinski definition) is 0. The molecule has 0 aliphatic carbocycles. The zero-order valence-electron chi connectivity index (χ0n) is 13.9. The third-order valence-corrected chi connectivity index (χ3v) is 4.49. The summed E-state index contributed by atoms with van der Waals surface area (Å²) in [5, 5.41) is 0. The van der Waals surface area contributed by atoms with Gasteiger partial charge in [0.15, 0.2) is 0 Å². The van der Waals surface area contributed by atoms with Crippen LogP contribution in [0.15, 0.2) is 59.7 Å². The van der Waals surface area contributed by atoms with Crippen LogP contribution in [0.5, 0.6) is 5.75 Å². The second kappa shape index (κ2) is 9.03. The molecule has 2 aromatic rings. The van der Waals surface area contributed by atoms with Gasteiger partial charge in [0.25, 0.3) is 0 Å². The second-order valence-corrected chi connectivity index (χ2v) is 5.91. The number of hydrogen-bond acceptors (Lipinski definition) is 5. The Morgan fingerprint density at radius 1 is 1.08 bits per heavy atom. The zero-order chi connectivity index (χ0) is 17.4. The predicted molar refractivity (Wildman–Crippen MR) is 96.0 cm³/mol. The lowest BCUT2D eigenvalue weighted by atomic mass is 10.1. The number of carbonyl (C=O) groups is 1. The SMILES string of the molecule is CO/C=C(/C(=O)OC)c1ccccc1SCc1cccc(OC)c1. The molecule has 0 N–H and O–H groups in total. The van der Waals surface area contributed by atoms with Crippen LogP contribution in [0.25, 0.3) is 5.57 Å². The summed E-state index contributed by atoms with van der Waals surface area (Å²) in [6.45, 7) is 0. The van der Waals surface area contributed by atoms with E-state index in [4.69, 9.17) is 14.2 Å². The molecule has 2 aromatic carbocycles. The highest BCUT2D eigenvalue weighted by Gasteiger charge is 2.16. The van der Waals surface area contributed by atoms with Gasteiger partial charge in [-0.15, -0.1) is 11.8 Å². The number of benzene rings is 2. The minimum absolute atomic E-state index is 0.397. The number of rotatable bonds is 7. The lowest BCUT2D eigenvalue weighted by Gasteiger charge is -2.11. The van der Waals surface area contributed by atoms with Gasteiger partial charge in [0, 0.05) is 16.2 Å². The highest BCUT2D eigenvalue weighted by molar-refractivity contribution is 7.98. The summed E-state index contributed by atoms with van der Waals surface area (Å²) in [6, 6.07) is 15.6. The fourth-order valence-electron chi connectivity index (χ4n) is 2.19. The van der Waals surface area contributed by atoms with E-state index in [1.54, 1.807) is 18.9 Å². The van der Waals surface area contributed by atoms with Crippen molar-refractivity contribution in [2.45, 2.75) is 10.6 Å². The van der Waals surface area contributed by atoms with Crippen molar-refractivity contribution in [1.82, 2.24) is 0 Å². The summed E-state index contributed by atoms with van der Waals surface area (Å²) in [5.41, 5.74) is 2.33. The minimum atomic E-state index is -0.425. The van der Waals surface area contributed by atoms with E-state index in [2.05, 4.69) is 0 Å². The molecule has 0 atom stereocenters. The van der Waals surface area contributed by atoms with Crippen LogP contribution in [-0.2, 0) is 20.0 Å². The Labute approximate surface area is 146 Å². The van der Waals surface area contributed by atoms with Gasteiger partial charge < -0.3 is 14.2 Å². The summed E-state index contributed by atoms with van der Waals surface area (Å²) >= 11 is 1.64. The standard InChI is InChI=1S/C19H20O4S/c1-21-12-17(19(20)23-3)16-9-4-5-10-18(16)24-13-14-7-6-8-15(11-14)22-2/h4-12H,13H2,1-3H3/b17-12+. The molecule has 126 valence electrons. The quantitative estimate of drug-likeness (QED) is 0.327. The van der Waals surface area contributed by atoms with E-state index in [0.717, 1.165) is 27.5 Å². The van der Waals surface area contributed by atoms with E-state index in [1.807, 2.05) is 48.5 Å². The van der Waals surface area contributed by atoms with Crippen LogP contribution in [-0.4, -0.2) is 27.3 Å². The zero-order valence-corrected chi connectivity index (χ0v) is 14.8. The molecule has 0 saturated carbocycles. The number of thioether (sulfide) groups is 1. The Kier molecular flexibility index (Phi) is 6.75. The van der Waals surface area contributed by atoms with Gasteiger partial charge in [-0.3, -0.25) is 0 Å². The normalized spacial score (nSPS) is 11.0. The molecule has 5 heteroatoms. The van der Waals surface area contributed by atoms with Crippen molar-refractivity contribution in [3.8, 4) is 5.75 Å². The van der Waals surface area contributed by atoms with Crippen molar-refractivity contribution >= 4 is 23.3 Å². The van der Waals surface area contributed by atoms with Gasteiger partial charge in [-0.25, -0.2) is 4.79 Å². The first-order valence-electron chi connectivity index (χ1n) is 7.36. The van der Waals surface area contributed by atoms with Gasteiger partial charge in [-0.1, -0.05) is 30.3 Å². The van der Waals surface area contributed by atoms with Gasteiger partial charge in [-0.2, -0.15) is 0 Å². The monoisotopic (exact) mass is 344 g/mol. The van der Waals surface area contributed by atoms with Crippen molar-refractivity contribution < 1.29 is 19.0 Å². The number of methoxy groups -OCH3 is 3. The van der Waals surface area contributed by atoms with E-state index < -0.39 is 5.97 Å². The molecule has 0 spiro atoms. The molecule has 4 nitrogen and oxygen atoms in total. The summed E-state index contributed by atoms with van der Waals surface area (Å²) in [6.07, 6.45) is 1.41. The van der Waals surface area contributed by atoms with Crippen LogP contribution in [0.2, 0.25) is 0 Å². The van der Waals surface area contributed by atoms with E-state index in [1.165, 1.54) is 20.5 Å². The predicted octanol–water partition coefficient (Wildman–Crippen LogP) is 4.15. The molecule has 0 aromatic heterocycles. The Morgan fingerprint density at radius 3 is 2.58 bits per heavy atom. The topological polar surface area (TPSA) is 44.8 Å². The largest absolute Gasteiger partial charge is 0.503 e. The van der Waals surface area contributed by atoms with Crippen molar-refractivity contribution in [1.29, 1.82) is 0 Å². The first kappa shape index (κ1) is 17.9. The summed E-state index contributed by atoms with van der Waals surface area (Å²) in [5.74, 6) is 1.16. The molecular formula is C19H20O4S. The molecule has 0 aliphatic heterocycles. The molecular weight excluding hydrogens is 324 g/mol. The molecule has 0 unspecified atom stereocenters. The molecule has 0 aliphatic rings. The van der Waals surface area contributed by atoms with Crippen molar-refractivity contribution in [2.75, 3.05) is 21.3 Å². The van der Waals surface area contributed by atoms with E-state index in [9.17, 15) is 4.79 Å². The highest BCUT2D eigenvalue weighted by atomic mass is 32.2. The third kappa shape index (κ3) is 4.55. The van der Waals surface area contributed by atoms with Crippen LogP contribution in [0.1, 0.15) is 11.1 Å². The van der Waals surface area contributed by atoms with E-state index in [-0.39, 0.29) is 0 Å². The van der Waals surface area contributed by atoms with Gasteiger partial charge in [0.2, 0.25) is 0 Å². The van der Waals surface area contributed by atoms with Crippen LogP contribution in [0, 0.1) is 0 Å². The molecule has 0 saturated heterocycles. The van der Waals surface area contributed by atoms with Crippen LogP contribution < -0.4 is 4.74 Å². The summed E-state index contributed by atoms with van der Waals surface area (Å²) in [4.78, 5) is 13.0. The molecule has 0 amide bonds. The number of carbonyl (C=O) groups excluding carboxylic acids is 1. The van der Waals surface area contributed by atoms with Gasteiger partial charge in [0.1, 0.15) is 11.3 Å². The Hall–Kier alpha value is -2.40. The summed E-state index contributed by atoms with van der Waals surface area (Å²) < 4.78 is 15.1. The summed E-state index contributed by atoms with van der Waals surface area (Å²) in [7, 11) is 4.52. The Balaban J connectivity index is 2.25. The fourth-order valence-corrected chi connectivity index (χ4v) is 3.20. The lowest BCUT2D eigenvalue weighted by molar-refractivity contribution is -0.133. The number of esters is 1. The third-order valence-electron chi connectivity index (χ3n) is 3.35. The Bertz CT molecular complexity index is 725. The molecule has 2 rings (SSSR count). The smallest absolute Gasteiger partial charge is 0.341 e. The maximum atomic E-state index is 12.0. The first-order chi connectivity index (χ1) is 11.7. The van der Waals surface area contributed by atoms with Crippen molar-refractivity contribution in [2.24, 2.45) is 0 Å². The van der Waals surface area contributed by atoms with Crippen molar-refractivity contribution in [3.05, 3.63) is 65.9 Å². The van der Waals surface area contributed by atoms with Gasteiger partial charge >= 0.3 is 5.97 Å². The average molecular weight is 344 g/mol. The molecule has 0 fully saturated rings. The lowest BCUT2D eigenvalue weighted by Crippen LogP contribution is -2.05. The van der Waals surface area contributed by atoms with Crippen molar-refractivity contribution in [3.63, 3.8) is 0 Å². The minimum Gasteiger partial charge on any atom is -0.503 e. The van der Waals surface area contributed by atoms with Crippen LogP contribution in [0.4, 0.5) is 0 Å².